The minimum absolute atomic E-state index is 0.706. The summed E-state index contributed by atoms with van der Waals surface area (Å²) in [6.45, 7) is 0. The summed E-state index contributed by atoms with van der Waals surface area (Å²) in [4.78, 5) is 4.88. The zero-order chi connectivity index (χ0) is 14.2. The first-order chi connectivity index (χ1) is 10.3. The summed E-state index contributed by atoms with van der Waals surface area (Å²) in [5.41, 5.74) is 1.96. The highest BCUT2D eigenvalue weighted by atomic mass is 79.9. The predicted molar refractivity (Wildman–Crippen MR) is 85.0 cm³/mol. The molecule has 4 aromatic rings. The van der Waals surface area contributed by atoms with Crippen LogP contribution in [0, 0.1) is 0 Å². The summed E-state index contributed by atoms with van der Waals surface area (Å²) in [6.07, 6.45) is 3.49. The fraction of sp³-hybridized carbons (Fsp3) is 0. The van der Waals surface area contributed by atoms with Gasteiger partial charge in [-0.25, -0.2) is 0 Å². The zero-order valence-corrected chi connectivity index (χ0v) is 13.0. The number of hydrogen-bond acceptors (Lipinski definition) is 5. The Morgan fingerprint density at radius 2 is 1.86 bits per heavy atom. The van der Waals surface area contributed by atoms with E-state index in [1.165, 1.54) is 11.3 Å². The second-order valence-corrected chi connectivity index (χ2v) is 6.25. The monoisotopic (exact) mass is 357 g/mol. The molecule has 7 heteroatoms. The second kappa shape index (κ2) is 5.01. The fourth-order valence-electron chi connectivity index (χ4n) is 2.00. The summed E-state index contributed by atoms with van der Waals surface area (Å²) in [6, 6.07) is 11.9. The molecule has 0 aliphatic heterocycles. The third-order valence-corrected chi connectivity index (χ3v) is 4.48. The number of pyridine rings is 1. The van der Waals surface area contributed by atoms with Gasteiger partial charge < -0.3 is 0 Å². The van der Waals surface area contributed by atoms with Crippen LogP contribution in [0.4, 0.5) is 0 Å². The lowest BCUT2D eigenvalue weighted by Crippen LogP contribution is -1.91. The molecule has 0 unspecified atom stereocenters. The molecular formula is C14H8BrN5S. The van der Waals surface area contributed by atoms with Crippen LogP contribution in [-0.2, 0) is 0 Å². The fourth-order valence-corrected chi connectivity index (χ4v) is 3.11. The van der Waals surface area contributed by atoms with Crippen LogP contribution in [0.5, 0.6) is 0 Å². The van der Waals surface area contributed by atoms with E-state index in [1.54, 1.807) is 16.9 Å². The summed E-state index contributed by atoms with van der Waals surface area (Å²) in [7, 11) is 0. The first-order valence-electron chi connectivity index (χ1n) is 6.20. The van der Waals surface area contributed by atoms with Crippen molar-refractivity contribution < 1.29 is 0 Å². The number of rotatable bonds is 2. The Hall–Kier alpha value is -2.12. The first-order valence-corrected chi connectivity index (χ1v) is 7.81. The molecule has 0 fully saturated rings. The molecule has 0 N–H and O–H groups in total. The van der Waals surface area contributed by atoms with Gasteiger partial charge >= 0.3 is 0 Å². The molecular weight excluding hydrogens is 350 g/mol. The maximum atomic E-state index is 4.62. The quantitative estimate of drug-likeness (QED) is 0.549. The van der Waals surface area contributed by atoms with E-state index in [2.05, 4.69) is 36.2 Å². The van der Waals surface area contributed by atoms with Crippen molar-refractivity contribution in [3.05, 3.63) is 53.3 Å². The van der Waals surface area contributed by atoms with Crippen molar-refractivity contribution in [1.29, 1.82) is 0 Å². The maximum absolute atomic E-state index is 4.62. The van der Waals surface area contributed by atoms with Gasteiger partial charge in [0.25, 0.3) is 0 Å². The van der Waals surface area contributed by atoms with E-state index in [9.17, 15) is 0 Å². The molecule has 0 spiro atoms. The number of aromatic nitrogens is 5. The van der Waals surface area contributed by atoms with E-state index < -0.39 is 0 Å². The Bertz CT molecular complexity index is 898. The van der Waals surface area contributed by atoms with Crippen molar-refractivity contribution in [3.63, 3.8) is 0 Å². The van der Waals surface area contributed by atoms with Gasteiger partial charge in [0.2, 0.25) is 4.96 Å². The Morgan fingerprint density at radius 3 is 2.62 bits per heavy atom. The summed E-state index contributed by atoms with van der Waals surface area (Å²) >= 11 is 4.95. The Balaban J connectivity index is 1.84. The van der Waals surface area contributed by atoms with Crippen molar-refractivity contribution in [2.45, 2.75) is 0 Å². The van der Waals surface area contributed by atoms with Gasteiger partial charge in [0.1, 0.15) is 5.01 Å². The first kappa shape index (κ1) is 12.6. The Kier molecular flexibility index (Phi) is 3.01. The van der Waals surface area contributed by atoms with Crippen LogP contribution >= 0.6 is 27.3 Å². The SMILES string of the molecule is Brc1ccc(-c2nn3c(-c4cccnc4)nnc3s2)cc1. The molecule has 4 rings (SSSR count). The van der Waals surface area contributed by atoms with Gasteiger partial charge in [0, 0.05) is 28.0 Å². The van der Waals surface area contributed by atoms with Gasteiger partial charge in [0.05, 0.1) is 0 Å². The lowest BCUT2D eigenvalue weighted by molar-refractivity contribution is 0.969. The van der Waals surface area contributed by atoms with Gasteiger partial charge in [-0.1, -0.05) is 39.4 Å². The van der Waals surface area contributed by atoms with Crippen LogP contribution in [0.15, 0.2) is 53.3 Å². The van der Waals surface area contributed by atoms with Gasteiger partial charge in [-0.15, -0.1) is 10.2 Å². The summed E-state index contributed by atoms with van der Waals surface area (Å²) < 4.78 is 2.81. The molecule has 3 aromatic heterocycles. The van der Waals surface area contributed by atoms with Crippen LogP contribution < -0.4 is 0 Å². The molecule has 0 aliphatic rings. The Morgan fingerprint density at radius 1 is 1.00 bits per heavy atom. The van der Waals surface area contributed by atoms with Crippen molar-refractivity contribution in [1.82, 2.24) is 24.8 Å². The van der Waals surface area contributed by atoms with Crippen molar-refractivity contribution in [2.75, 3.05) is 0 Å². The highest BCUT2D eigenvalue weighted by molar-refractivity contribution is 9.10. The molecule has 0 saturated carbocycles. The maximum Gasteiger partial charge on any atom is 0.235 e. The number of nitrogens with zero attached hydrogens (tertiary/aromatic N) is 5. The molecule has 21 heavy (non-hydrogen) atoms. The van der Waals surface area contributed by atoms with E-state index in [0.717, 1.165) is 25.6 Å². The largest absolute Gasteiger partial charge is 0.264 e. The van der Waals surface area contributed by atoms with Crippen molar-refractivity contribution in [2.24, 2.45) is 0 Å². The zero-order valence-electron chi connectivity index (χ0n) is 10.6. The number of benzene rings is 1. The smallest absolute Gasteiger partial charge is 0.235 e. The van der Waals surface area contributed by atoms with Crippen LogP contribution in [0.1, 0.15) is 0 Å². The lowest BCUT2D eigenvalue weighted by Gasteiger charge is -1.96. The van der Waals surface area contributed by atoms with E-state index >= 15 is 0 Å². The van der Waals surface area contributed by atoms with Gasteiger partial charge in [-0.05, 0) is 24.3 Å². The molecule has 0 saturated heterocycles. The third kappa shape index (κ3) is 2.24. The molecule has 1 aromatic carbocycles. The molecule has 3 heterocycles. The molecule has 0 bridgehead atoms. The number of hydrogen-bond donors (Lipinski definition) is 0. The highest BCUT2D eigenvalue weighted by Gasteiger charge is 2.14. The van der Waals surface area contributed by atoms with E-state index in [1.807, 2.05) is 36.4 Å². The minimum Gasteiger partial charge on any atom is -0.264 e. The van der Waals surface area contributed by atoms with Gasteiger partial charge in [-0.2, -0.15) is 9.61 Å². The standard InChI is InChI=1S/C14H8BrN5S/c15-11-5-3-9(4-6-11)13-19-20-12(17-18-14(20)21-13)10-2-1-7-16-8-10/h1-8H. The third-order valence-electron chi connectivity index (χ3n) is 3.00. The minimum atomic E-state index is 0.706. The topological polar surface area (TPSA) is 56.0 Å². The van der Waals surface area contributed by atoms with Crippen molar-refractivity contribution in [3.8, 4) is 22.0 Å². The van der Waals surface area contributed by atoms with E-state index in [4.69, 9.17) is 0 Å². The summed E-state index contributed by atoms with van der Waals surface area (Å²) in [5.74, 6) is 0.706. The van der Waals surface area contributed by atoms with Gasteiger partial charge in [-0.3, -0.25) is 4.98 Å². The van der Waals surface area contributed by atoms with Crippen LogP contribution in [0.3, 0.4) is 0 Å². The van der Waals surface area contributed by atoms with Crippen molar-refractivity contribution >= 4 is 32.2 Å². The second-order valence-electron chi connectivity index (χ2n) is 4.37. The van der Waals surface area contributed by atoms with E-state index in [-0.39, 0.29) is 0 Å². The van der Waals surface area contributed by atoms with Crippen LogP contribution in [-0.4, -0.2) is 24.8 Å². The average molecular weight is 358 g/mol. The molecule has 5 nitrogen and oxygen atoms in total. The van der Waals surface area contributed by atoms with Crippen LogP contribution in [0.25, 0.3) is 26.9 Å². The Labute approximate surface area is 132 Å². The molecule has 0 amide bonds. The summed E-state index contributed by atoms with van der Waals surface area (Å²) in [5, 5.41) is 13.9. The number of fused-ring (bicyclic) bond motifs is 1. The van der Waals surface area contributed by atoms with E-state index in [0.29, 0.717) is 5.82 Å². The van der Waals surface area contributed by atoms with Gasteiger partial charge in [0.15, 0.2) is 5.82 Å². The highest BCUT2D eigenvalue weighted by Crippen LogP contribution is 2.28. The number of halogens is 1. The predicted octanol–water partition coefficient (Wildman–Crippen LogP) is 3.68. The lowest BCUT2D eigenvalue weighted by atomic mass is 10.2. The molecule has 102 valence electrons. The van der Waals surface area contributed by atoms with Crippen LogP contribution in [0.2, 0.25) is 0 Å². The average Bonchev–Trinajstić information content (AvgIpc) is 3.09. The molecule has 0 aliphatic carbocycles. The molecule has 0 atom stereocenters. The normalized spacial score (nSPS) is 11.1. The molecule has 0 radical (unpaired) electrons.